The molecule has 0 atom stereocenters. The number of aromatic nitrogens is 3. The van der Waals surface area contributed by atoms with Crippen molar-refractivity contribution >= 4 is 11.6 Å². The maximum atomic E-state index is 12.3. The molecule has 0 aliphatic rings. The summed E-state index contributed by atoms with van der Waals surface area (Å²) >= 11 is 0. The Bertz CT molecular complexity index is 897. The van der Waals surface area contributed by atoms with E-state index in [0.717, 1.165) is 29.9 Å². The van der Waals surface area contributed by atoms with Crippen molar-refractivity contribution in [3.8, 4) is 5.69 Å². The van der Waals surface area contributed by atoms with Crippen LogP contribution in [-0.4, -0.2) is 20.9 Å². The molecule has 3 rings (SSSR count). The number of nitrogens with zero attached hydrogens (tertiary/aromatic N) is 3. The summed E-state index contributed by atoms with van der Waals surface area (Å²) in [4.78, 5) is 12.3. The standard InChI is InChI=1S/C22H26N4O/c1-16(2)21-15-23-25-26(21)20-8-5-7-19(14-20)24-22(27)9-4-6-18-12-10-17(3)11-13-18/h5,7-8,10-16H,4,6,9H2,1-3H3,(H,24,27). The number of carbonyl (C=O) groups excluding carboxylic acids is 1. The van der Waals surface area contributed by atoms with Crippen LogP contribution in [0.4, 0.5) is 5.69 Å². The number of aryl methyl sites for hydroxylation is 2. The Morgan fingerprint density at radius 3 is 2.67 bits per heavy atom. The lowest BCUT2D eigenvalue weighted by Gasteiger charge is -2.11. The van der Waals surface area contributed by atoms with Gasteiger partial charge in [0.25, 0.3) is 0 Å². The first-order chi connectivity index (χ1) is 13.0. The van der Waals surface area contributed by atoms with E-state index in [-0.39, 0.29) is 5.91 Å². The molecule has 140 valence electrons. The molecule has 1 aromatic heterocycles. The molecule has 0 saturated heterocycles. The van der Waals surface area contributed by atoms with Gasteiger partial charge < -0.3 is 5.32 Å². The topological polar surface area (TPSA) is 59.8 Å². The van der Waals surface area contributed by atoms with E-state index in [4.69, 9.17) is 0 Å². The van der Waals surface area contributed by atoms with Crippen molar-refractivity contribution in [1.29, 1.82) is 0 Å². The number of benzene rings is 2. The largest absolute Gasteiger partial charge is 0.326 e. The minimum atomic E-state index is 0.0296. The molecule has 0 unspecified atom stereocenters. The molecule has 27 heavy (non-hydrogen) atoms. The third-order valence-corrected chi connectivity index (χ3v) is 4.53. The smallest absolute Gasteiger partial charge is 0.224 e. The lowest BCUT2D eigenvalue weighted by Crippen LogP contribution is -2.12. The first-order valence-electron chi connectivity index (χ1n) is 9.39. The molecule has 0 spiro atoms. The van der Waals surface area contributed by atoms with Crippen molar-refractivity contribution in [1.82, 2.24) is 15.0 Å². The van der Waals surface area contributed by atoms with Crippen LogP contribution in [-0.2, 0) is 11.2 Å². The average Bonchev–Trinajstić information content (AvgIpc) is 3.14. The van der Waals surface area contributed by atoms with Gasteiger partial charge in [-0.25, -0.2) is 4.68 Å². The van der Waals surface area contributed by atoms with E-state index in [1.54, 1.807) is 6.20 Å². The Balaban J connectivity index is 1.58. The number of rotatable bonds is 7. The van der Waals surface area contributed by atoms with Crippen LogP contribution in [0.2, 0.25) is 0 Å². The van der Waals surface area contributed by atoms with Crippen LogP contribution in [0.5, 0.6) is 0 Å². The summed E-state index contributed by atoms with van der Waals surface area (Å²) in [6.45, 7) is 6.29. The van der Waals surface area contributed by atoms with Gasteiger partial charge in [-0.05, 0) is 49.4 Å². The third kappa shape index (κ3) is 5.03. The second kappa shape index (κ2) is 8.62. The summed E-state index contributed by atoms with van der Waals surface area (Å²) in [6, 6.07) is 16.2. The summed E-state index contributed by atoms with van der Waals surface area (Å²) < 4.78 is 1.82. The minimum absolute atomic E-state index is 0.0296. The Kier molecular flexibility index (Phi) is 6.01. The zero-order valence-corrected chi connectivity index (χ0v) is 16.1. The minimum Gasteiger partial charge on any atom is -0.326 e. The van der Waals surface area contributed by atoms with Gasteiger partial charge in [0, 0.05) is 12.1 Å². The number of nitrogens with one attached hydrogen (secondary N) is 1. The summed E-state index contributed by atoms with van der Waals surface area (Å²) in [5.41, 5.74) is 5.23. The van der Waals surface area contributed by atoms with E-state index in [9.17, 15) is 4.79 Å². The third-order valence-electron chi connectivity index (χ3n) is 4.53. The van der Waals surface area contributed by atoms with Gasteiger partial charge in [0.2, 0.25) is 5.91 Å². The van der Waals surface area contributed by atoms with Crippen molar-refractivity contribution in [2.75, 3.05) is 5.32 Å². The highest BCUT2D eigenvalue weighted by Gasteiger charge is 2.11. The van der Waals surface area contributed by atoms with Crippen molar-refractivity contribution in [3.05, 3.63) is 71.5 Å². The monoisotopic (exact) mass is 362 g/mol. The van der Waals surface area contributed by atoms with Gasteiger partial charge >= 0.3 is 0 Å². The molecule has 5 nitrogen and oxygen atoms in total. The molecular weight excluding hydrogens is 336 g/mol. The van der Waals surface area contributed by atoms with E-state index < -0.39 is 0 Å². The fourth-order valence-electron chi connectivity index (χ4n) is 2.98. The molecule has 0 bridgehead atoms. The summed E-state index contributed by atoms with van der Waals surface area (Å²) in [7, 11) is 0. The Morgan fingerprint density at radius 2 is 1.93 bits per heavy atom. The van der Waals surface area contributed by atoms with Crippen LogP contribution in [0, 0.1) is 6.92 Å². The maximum Gasteiger partial charge on any atom is 0.224 e. The van der Waals surface area contributed by atoms with Gasteiger partial charge in [0.1, 0.15) is 0 Å². The summed E-state index contributed by atoms with van der Waals surface area (Å²) in [6.07, 6.45) is 4.01. The molecule has 3 aromatic rings. The van der Waals surface area contributed by atoms with E-state index in [1.165, 1.54) is 11.1 Å². The van der Waals surface area contributed by atoms with E-state index in [0.29, 0.717) is 12.3 Å². The van der Waals surface area contributed by atoms with E-state index in [2.05, 4.69) is 60.7 Å². The molecule has 0 fully saturated rings. The van der Waals surface area contributed by atoms with Crippen molar-refractivity contribution in [2.24, 2.45) is 0 Å². The van der Waals surface area contributed by atoms with E-state index in [1.807, 2.05) is 28.9 Å². The van der Waals surface area contributed by atoms with Crippen LogP contribution in [0.1, 0.15) is 49.4 Å². The first-order valence-corrected chi connectivity index (χ1v) is 9.39. The molecular formula is C22H26N4O. The summed E-state index contributed by atoms with van der Waals surface area (Å²) in [5.74, 6) is 0.349. The van der Waals surface area contributed by atoms with Crippen molar-refractivity contribution in [2.45, 2.75) is 46.0 Å². The maximum absolute atomic E-state index is 12.3. The van der Waals surface area contributed by atoms with Gasteiger partial charge in [0.15, 0.2) is 0 Å². The Morgan fingerprint density at radius 1 is 1.15 bits per heavy atom. The second-order valence-corrected chi connectivity index (χ2v) is 7.16. The highest BCUT2D eigenvalue weighted by molar-refractivity contribution is 5.90. The highest BCUT2D eigenvalue weighted by Crippen LogP contribution is 2.20. The van der Waals surface area contributed by atoms with Gasteiger partial charge in [-0.1, -0.05) is 55.0 Å². The molecule has 0 aliphatic carbocycles. The predicted molar refractivity (Wildman–Crippen MR) is 108 cm³/mol. The van der Waals surface area contributed by atoms with Gasteiger partial charge in [-0.15, -0.1) is 5.10 Å². The van der Waals surface area contributed by atoms with Crippen molar-refractivity contribution < 1.29 is 4.79 Å². The first kappa shape index (κ1) is 18.8. The molecule has 1 heterocycles. The van der Waals surface area contributed by atoms with Crippen molar-refractivity contribution in [3.63, 3.8) is 0 Å². The molecule has 1 amide bonds. The lowest BCUT2D eigenvalue weighted by atomic mass is 10.1. The molecule has 0 radical (unpaired) electrons. The van der Waals surface area contributed by atoms with Gasteiger partial charge in [-0.3, -0.25) is 4.79 Å². The number of carbonyl (C=O) groups is 1. The number of hydrogen-bond donors (Lipinski definition) is 1. The number of hydrogen-bond acceptors (Lipinski definition) is 3. The van der Waals surface area contributed by atoms with Crippen LogP contribution in [0.25, 0.3) is 5.69 Å². The number of anilines is 1. The molecule has 0 aliphatic heterocycles. The fourth-order valence-corrected chi connectivity index (χ4v) is 2.98. The highest BCUT2D eigenvalue weighted by atomic mass is 16.1. The Labute approximate surface area is 160 Å². The molecule has 0 saturated carbocycles. The molecule has 2 aromatic carbocycles. The zero-order valence-electron chi connectivity index (χ0n) is 16.1. The predicted octanol–water partition coefficient (Wildman–Crippen LogP) is 4.66. The second-order valence-electron chi connectivity index (χ2n) is 7.16. The van der Waals surface area contributed by atoms with Crippen LogP contribution < -0.4 is 5.32 Å². The van der Waals surface area contributed by atoms with Crippen LogP contribution >= 0.6 is 0 Å². The average molecular weight is 362 g/mol. The molecule has 5 heteroatoms. The van der Waals surface area contributed by atoms with Crippen LogP contribution in [0.15, 0.2) is 54.7 Å². The van der Waals surface area contributed by atoms with Gasteiger partial charge in [0.05, 0.1) is 17.6 Å². The van der Waals surface area contributed by atoms with Crippen LogP contribution in [0.3, 0.4) is 0 Å². The fraction of sp³-hybridized carbons (Fsp3) is 0.318. The quantitative estimate of drug-likeness (QED) is 0.665. The normalized spacial score (nSPS) is 11.0. The zero-order chi connectivity index (χ0) is 19.2. The SMILES string of the molecule is Cc1ccc(CCCC(=O)Nc2cccc(-n3nncc3C(C)C)c2)cc1. The van der Waals surface area contributed by atoms with Gasteiger partial charge in [-0.2, -0.15) is 0 Å². The Hall–Kier alpha value is -2.95. The molecule has 1 N–H and O–H groups in total. The lowest BCUT2D eigenvalue weighted by molar-refractivity contribution is -0.116. The summed E-state index contributed by atoms with van der Waals surface area (Å²) in [5, 5.41) is 11.2. The number of amides is 1. The van der Waals surface area contributed by atoms with E-state index >= 15 is 0 Å².